The van der Waals surface area contributed by atoms with Crippen LogP contribution in [0.5, 0.6) is 11.5 Å². The van der Waals surface area contributed by atoms with E-state index in [2.05, 4.69) is 135 Å². The van der Waals surface area contributed by atoms with Crippen LogP contribution in [-0.4, -0.2) is 69.2 Å². The Morgan fingerprint density at radius 3 is 2.15 bits per heavy atom. The molecule has 0 N–H and O–H groups in total. The smallest absolute Gasteiger partial charge is 0.306 e. The second-order valence-electron chi connectivity index (χ2n) is 19.7. The van der Waals surface area contributed by atoms with Gasteiger partial charge in [-0.25, -0.2) is 0 Å². The Hall–Kier alpha value is -6.55. The number of benzene rings is 5. The number of piperidine rings is 1. The first-order chi connectivity index (χ1) is 32.2. The zero-order valence-corrected chi connectivity index (χ0v) is 40.1. The van der Waals surface area contributed by atoms with Gasteiger partial charge in [-0.3, -0.25) is 14.4 Å². The van der Waals surface area contributed by atoms with Gasteiger partial charge in [-0.15, -0.1) is 0 Å². The average Bonchev–Trinajstić information content (AvgIpc) is 3.60. The molecule has 3 aliphatic heterocycles. The Labute approximate surface area is 395 Å². The van der Waals surface area contributed by atoms with Crippen LogP contribution in [0.25, 0.3) is 28.0 Å². The zero-order chi connectivity index (χ0) is 47.1. The maximum Gasteiger partial charge on any atom is 0.306 e. The van der Waals surface area contributed by atoms with Crippen molar-refractivity contribution < 1.29 is 33.3 Å². The number of nitrogens with zero attached hydrogens (tertiary/aromatic N) is 3. The van der Waals surface area contributed by atoms with Crippen LogP contribution in [0.4, 0.5) is 11.4 Å². The first-order valence-electron chi connectivity index (χ1n) is 24.0. The van der Waals surface area contributed by atoms with Crippen molar-refractivity contribution in [2.75, 3.05) is 56.3 Å². The standard InChI is InChI=1S/C57H63N3O7/c1-8-50(62)65-33-34-66-51(63)24-23-49(61)60-31-29-58(30-32-60)41-20-17-39(18-21-41)57(38-15-11-9-12-16-38)26-25-43-53-52(42-22-19-40(55(2,3)4)35-46(42)56(53,5)6)44-36-47(59-27-13-10-14-28-59)48(64-7)37-45(44)54(43)67-57/h9,11-12,15-22,25-26,29,31,35-37H,8,10,13-14,23-24,27-28,30,32-34H2,1-7H3. The number of carbonyl (C=O) groups excluding carboxylic acids is 3. The summed E-state index contributed by atoms with van der Waals surface area (Å²) in [5.74, 6) is 0.688. The summed E-state index contributed by atoms with van der Waals surface area (Å²) in [5.41, 5.74) is 10.5. The fourth-order valence-corrected chi connectivity index (χ4v) is 10.4. The first-order valence-corrected chi connectivity index (χ1v) is 24.0. The molecule has 10 heteroatoms. The van der Waals surface area contributed by atoms with Gasteiger partial charge in [0, 0.05) is 84.6 Å². The third-order valence-corrected chi connectivity index (χ3v) is 14.1. The van der Waals surface area contributed by atoms with Crippen molar-refractivity contribution in [2.24, 2.45) is 0 Å². The molecule has 0 radical (unpaired) electrons. The number of amides is 1. The molecule has 9 rings (SSSR count). The van der Waals surface area contributed by atoms with Crippen molar-refractivity contribution in [1.82, 2.24) is 4.90 Å². The largest absolute Gasteiger partial charge is 0.495 e. The van der Waals surface area contributed by atoms with Crippen molar-refractivity contribution in [3.63, 3.8) is 0 Å². The quantitative estimate of drug-likeness (QED) is 0.0895. The van der Waals surface area contributed by atoms with E-state index in [9.17, 15) is 14.4 Å². The average molecular weight is 902 g/mol. The minimum atomic E-state index is -0.955. The summed E-state index contributed by atoms with van der Waals surface area (Å²) in [6, 6.07) is 30.7. The molecule has 1 unspecified atom stereocenters. The van der Waals surface area contributed by atoms with E-state index in [0.29, 0.717) is 13.1 Å². The SMILES string of the molecule is CCC(=O)OCCOC(=O)CCC(=O)N1C=CN(c2ccc(C3(c4ccccc4)C=Cc4c5c(c6cc(N7CCCCC7)c(OC)cc6c4O3)-c3ccc(C(C)(C)C)cc3C5(C)C)cc2)CC1. The van der Waals surface area contributed by atoms with E-state index in [4.69, 9.17) is 18.9 Å². The second-order valence-corrected chi connectivity index (χ2v) is 19.7. The van der Waals surface area contributed by atoms with E-state index in [0.717, 1.165) is 70.9 Å². The molecule has 0 aromatic heterocycles. The zero-order valence-electron chi connectivity index (χ0n) is 40.1. The fraction of sp³-hybridized carbons (Fsp3) is 0.386. The molecule has 0 bridgehead atoms. The van der Waals surface area contributed by atoms with Gasteiger partial charge in [-0.2, -0.15) is 0 Å². The molecule has 1 fully saturated rings. The highest BCUT2D eigenvalue weighted by molar-refractivity contribution is 6.10. The highest BCUT2D eigenvalue weighted by Crippen LogP contribution is 2.59. The lowest BCUT2D eigenvalue weighted by Gasteiger charge is -2.39. The number of hydrogen-bond acceptors (Lipinski definition) is 9. The Balaban J connectivity index is 1.05. The molecular formula is C57H63N3O7. The van der Waals surface area contributed by atoms with Crippen molar-refractivity contribution in [1.29, 1.82) is 0 Å². The summed E-state index contributed by atoms with van der Waals surface area (Å²) >= 11 is 0. The van der Waals surface area contributed by atoms with Crippen LogP contribution < -0.4 is 19.3 Å². The molecule has 5 aromatic rings. The second kappa shape index (κ2) is 18.3. The molecule has 3 heterocycles. The van der Waals surface area contributed by atoms with E-state index in [1.165, 1.54) is 39.6 Å². The van der Waals surface area contributed by atoms with Crippen molar-refractivity contribution in [3.8, 4) is 22.6 Å². The van der Waals surface area contributed by atoms with Crippen LogP contribution in [0, 0.1) is 0 Å². The molecule has 1 saturated heterocycles. The monoisotopic (exact) mass is 901 g/mol. The first kappa shape index (κ1) is 45.6. The summed E-state index contributed by atoms with van der Waals surface area (Å²) in [5, 5.41) is 2.20. The van der Waals surface area contributed by atoms with E-state index < -0.39 is 11.6 Å². The van der Waals surface area contributed by atoms with Gasteiger partial charge >= 0.3 is 11.9 Å². The number of carbonyl (C=O) groups is 3. The molecule has 1 amide bonds. The van der Waals surface area contributed by atoms with Gasteiger partial charge < -0.3 is 33.6 Å². The summed E-state index contributed by atoms with van der Waals surface area (Å²) in [4.78, 5) is 42.8. The summed E-state index contributed by atoms with van der Waals surface area (Å²) < 4.78 is 24.0. The maximum atomic E-state index is 13.0. The third kappa shape index (κ3) is 8.55. The Kier molecular flexibility index (Phi) is 12.4. The Morgan fingerprint density at radius 2 is 1.48 bits per heavy atom. The molecule has 0 spiro atoms. The van der Waals surface area contributed by atoms with E-state index in [-0.39, 0.29) is 55.2 Å². The molecular weight excluding hydrogens is 839 g/mol. The van der Waals surface area contributed by atoms with Gasteiger partial charge in [0.1, 0.15) is 24.7 Å². The molecule has 348 valence electrons. The molecule has 5 aromatic carbocycles. The van der Waals surface area contributed by atoms with Gasteiger partial charge in [0.25, 0.3) is 0 Å². The van der Waals surface area contributed by atoms with Crippen LogP contribution in [0.15, 0.2) is 103 Å². The van der Waals surface area contributed by atoms with Crippen molar-refractivity contribution >= 4 is 46.1 Å². The Morgan fingerprint density at radius 1 is 0.761 bits per heavy atom. The number of methoxy groups -OCH3 is 1. The highest BCUT2D eigenvalue weighted by Gasteiger charge is 2.45. The molecule has 1 aliphatic carbocycles. The summed E-state index contributed by atoms with van der Waals surface area (Å²) in [7, 11) is 1.78. The van der Waals surface area contributed by atoms with Gasteiger partial charge in [0.15, 0.2) is 5.60 Å². The fourth-order valence-electron chi connectivity index (χ4n) is 10.4. The van der Waals surface area contributed by atoms with Crippen molar-refractivity contribution in [2.45, 2.75) is 96.5 Å². The third-order valence-electron chi connectivity index (χ3n) is 14.1. The lowest BCUT2D eigenvalue weighted by Crippen LogP contribution is -2.38. The predicted molar refractivity (Wildman–Crippen MR) is 266 cm³/mol. The Bertz CT molecular complexity index is 2760. The molecule has 10 nitrogen and oxygen atoms in total. The van der Waals surface area contributed by atoms with Gasteiger partial charge in [-0.1, -0.05) is 108 Å². The lowest BCUT2D eigenvalue weighted by molar-refractivity contribution is -0.152. The maximum absolute atomic E-state index is 13.0. The molecule has 1 atom stereocenters. The summed E-state index contributed by atoms with van der Waals surface area (Å²) in [6.45, 7) is 16.3. The number of anilines is 2. The normalized spacial score (nSPS) is 18.2. The minimum Gasteiger partial charge on any atom is -0.495 e. The summed E-state index contributed by atoms with van der Waals surface area (Å²) in [6.07, 6.45) is 12.0. The van der Waals surface area contributed by atoms with Crippen LogP contribution in [0.2, 0.25) is 0 Å². The number of hydrogen-bond donors (Lipinski definition) is 0. The number of ether oxygens (including phenoxy) is 4. The van der Waals surface area contributed by atoms with E-state index in [1.54, 1.807) is 25.1 Å². The highest BCUT2D eigenvalue weighted by atomic mass is 16.6. The molecule has 4 aliphatic rings. The predicted octanol–water partition coefficient (Wildman–Crippen LogP) is 11.2. The number of rotatable bonds is 12. The van der Waals surface area contributed by atoms with Crippen LogP contribution in [-0.2, 0) is 40.3 Å². The lowest BCUT2D eigenvalue weighted by atomic mass is 9.76. The van der Waals surface area contributed by atoms with E-state index in [1.807, 2.05) is 12.3 Å². The molecule has 0 saturated carbocycles. The van der Waals surface area contributed by atoms with Gasteiger partial charge in [0.05, 0.1) is 19.2 Å². The van der Waals surface area contributed by atoms with Gasteiger partial charge in [-0.05, 0) is 88.2 Å². The minimum absolute atomic E-state index is 0.00239. The number of esters is 2. The van der Waals surface area contributed by atoms with Crippen LogP contribution >= 0.6 is 0 Å². The van der Waals surface area contributed by atoms with Crippen molar-refractivity contribution in [3.05, 3.63) is 137 Å². The number of fused-ring (bicyclic) bond motifs is 8. The molecule has 67 heavy (non-hydrogen) atoms. The van der Waals surface area contributed by atoms with Crippen LogP contribution in [0.1, 0.15) is 113 Å². The topological polar surface area (TPSA) is 97.8 Å². The van der Waals surface area contributed by atoms with E-state index >= 15 is 0 Å². The van der Waals surface area contributed by atoms with Crippen LogP contribution in [0.3, 0.4) is 0 Å². The van der Waals surface area contributed by atoms with Gasteiger partial charge in [0.2, 0.25) is 5.91 Å².